The van der Waals surface area contributed by atoms with Crippen LogP contribution in [0.4, 0.5) is 8.78 Å². The standard InChI is InChI=1S/C20H23F2N5O2/c1-23-20(24-10-9-18-26-15-5-3-4-6-16(15)27-18)25-12-13-11-14(28-2)7-8-17(13)29-19(21)22/h3-8,11,19H,9-10,12H2,1-2H3,(H,26,27)(H2,23,24,25). The lowest BCUT2D eigenvalue weighted by molar-refractivity contribution is -0.0504. The molecule has 3 aromatic rings. The third-order valence-corrected chi connectivity index (χ3v) is 4.25. The van der Waals surface area contributed by atoms with Gasteiger partial charge in [-0.15, -0.1) is 0 Å². The molecule has 0 saturated carbocycles. The number of nitrogens with zero attached hydrogens (tertiary/aromatic N) is 2. The van der Waals surface area contributed by atoms with Crippen LogP contribution in [0.3, 0.4) is 0 Å². The molecule has 0 atom stereocenters. The van der Waals surface area contributed by atoms with Crippen LogP contribution in [0.2, 0.25) is 0 Å². The summed E-state index contributed by atoms with van der Waals surface area (Å²) < 4.78 is 35.0. The Morgan fingerprint density at radius 2 is 2.03 bits per heavy atom. The van der Waals surface area contributed by atoms with Crippen LogP contribution in [0, 0.1) is 0 Å². The van der Waals surface area contributed by atoms with Gasteiger partial charge in [0.05, 0.1) is 18.1 Å². The number of ether oxygens (including phenoxy) is 2. The number of imidazole rings is 1. The second-order valence-electron chi connectivity index (χ2n) is 6.16. The van der Waals surface area contributed by atoms with Crippen LogP contribution in [0.15, 0.2) is 47.5 Å². The minimum Gasteiger partial charge on any atom is -0.497 e. The maximum absolute atomic E-state index is 12.6. The molecule has 29 heavy (non-hydrogen) atoms. The van der Waals surface area contributed by atoms with Crippen molar-refractivity contribution in [2.75, 3.05) is 20.7 Å². The van der Waals surface area contributed by atoms with Gasteiger partial charge in [-0.25, -0.2) is 4.98 Å². The molecule has 0 amide bonds. The Balaban J connectivity index is 1.56. The second-order valence-corrected chi connectivity index (χ2v) is 6.16. The van der Waals surface area contributed by atoms with E-state index in [1.54, 1.807) is 19.2 Å². The van der Waals surface area contributed by atoms with Crippen LogP contribution in [-0.2, 0) is 13.0 Å². The average molecular weight is 403 g/mol. The monoisotopic (exact) mass is 403 g/mol. The lowest BCUT2D eigenvalue weighted by Gasteiger charge is -2.15. The van der Waals surface area contributed by atoms with E-state index in [1.165, 1.54) is 13.2 Å². The van der Waals surface area contributed by atoms with E-state index in [9.17, 15) is 8.78 Å². The SMILES string of the molecule is CN=C(NCCc1nc2ccccc2[nH]1)NCc1cc(OC)ccc1OC(F)F. The number of aromatic nitrogens is 2. The number of benzene rings is 2. The molecule has 0 aliphatic rings. The third-order valence-electron chi connectivity index (χ3n) is 4.25. The number of halogens is 2. The van der Waals surface area contributed by atoms with Crippen LogP contribution < -0.4 is 20.1 Å². The first-order valence-corrected chi connectivity index (χ1v) is 9.09. The van der Waals surface area contributed by atoms with E-state index >= 15 is 0 Å². The van der Waals surface area contributed by atoms with E-state index in [2.05, 4.69) is 30.3 Å². The smallest absolute Gasteiger partial charge is 0.387 e. The highest BCUT2D eigenvalue weighted by Crippen LogP contribution is 2.25. The summed E-state index contributed by atoms with van der Waals surface area (Å²) >= 11 is 0. The van der Waals surface area contributed by atoms with Crippen molar-refractivity contribution in [3.63, 3.8) is 0 Å². The van der Waals surface area contributed by atoms with Gasteiger partial charge in [0.2, 0.25) is 0 Å². The molecule has 0 aliphatic heterocycles. The van der Waals surface area contributed by atoms with Crippen molar-refractivity contribution >= 4 is 17.0 Å². The Morgan fingerprint density at radius 3 is 2.76 bits per heavy atom. The summed E-state index contributed by atoms with van der Waals surface area (Å²) in [5, 5.41) is 6.27. The predicted molar refractivity (Wildman–Crippen MR) is 108 cm³/mol. The Labute approximate surface area is 167 Å². The first-order valence-electron chi connectivity index (χ1n) is 9.09. The van der Waals surface area contributed by atoms with Crippen molar-refractivity contribution < 1.29 is 18.3 Å². The first kappa shape index (κ1) is 20.4. The number of aromatic amines is 1. The Kier molecular flexibility index (Phi) is 6.83. The van der Waals surface area contributed by atoms with Gasteiger partial charge in [-0.05, 0) is 30.3 Å². The van der Waals surface area contributed by atoms with Gasteiger partial charge in [0, 0.05) is 32.1 Å². The molecular weight excluding hydrogens is 380 g/mol. The molecule has 0 spiro atoms. The molecular formula is C20H23F2N5O2. The lowest BCUT2D eigenvalue weighted by Crippen LogP contribution is -2.38. The molecule has 0 unspecified atom stereocenters. The third kappa shape index (κ3) is 5.56. The average Bonchev–Trinajstić information content (AvgIpc) is 3.13. The van der Waals surface area contributed by atoms with Crippen molar-refractivity contribution in [2.45, 2.75) is 19.6 Å². The van der Waals surface area contributed by atoms with Gasteiger partial charge in [0.15, 0.2) is 5.96 Å². The number of H-pyrrole nitrogens is 1. The van der Waals surface area contributed by atoms with Gasteiger partial charge < -0.3 is 25.1 Å². The van der Waals surface area contributed by atoms with Crippen LogP contribution in [0.5, 0.6) is 11.5 Å². The topological polar surface area (TPSA) is 83.6 Å². The predicted octanol–water partition coefficient (Wildman–Crippen LogP) is 3.08. The number of hydrogen-bond donors (Lipinski definition) is 3. The quantitative estimate of drug-likeness (QED) is 0.398. The van der Waals surface area contributed by atoms with Crippen molar-refractivity contribution in [3.05, 3.63) is 53.9 Å². The zero-order chi connectivity index (χ0) is 20.6. The van der Waals surface area contributed by atoms with Gasteiger partial charge in [0.25, 0.3) is 0 Å². The van der Waals surface area contributed by atoms with Crippen LogP contribution in [0.1, 0.15) is 11.4 Å². The van der Waals surface area contributed by atoms with Crippen LogP contribution >= 0.6 is 0 Å². The molecule has 0 bridgehead atoms. The highest BCUT2D eigenvalue weighted by Gasteiger charge is 2.12. The highest BCUT2D eigenvalue weighted by molar-refractivity contribution is 5.79. The zero-order valence-electron chi connectivity index (χ0n) is 16.2. The Hall–Kier alpha value is -3.36. The number of guanidine groups is 1. The van der Waals surface area contributed by atoms with E-state index in [4.69, 9.17) is 4.74 Å². The van der Waals surface area contributed by atoms with Gasteiger partial charge >= 0.3 is 6.61 Å². The number of alkyl halides is 2. The molecule has 3 N–H and O–H groups in total. The molecule has 1 heterocycles. The molecule has 0 aliphatic carbocycles. The zero-order valence-corrected chi connectivity index (χ0v) is 16.2. The molecule has 0 fully saturated rings. The molecule has 3 rings (SSSR count). The second kappa shape index (κ2) is 9.72. The molecule has 9 heteroatoms. The molecule has 1 aromatic heterocycles. The number of para-hydroxylation sites is 2. The number of methoxy groups -OCH3 is 1. The van der Waals surface area contributed by atoms with E-state index in [0.29, 0.717) is 30.2 Å². The van der Waals surface area contributed by atoms with E-state index in [1.807, 2.05) is 24.3 Å². The first-order chi connectivity index (χ1) is 14.1. The normalized spacial score (nSPS) is 11.7. The number of hydrogen-bond acceptors (Lipinski definition) is 4. The summed E-state index contributed by atoms with van der Waals surface area (Å²) in [7, 11) is 3.15. The molecule has 0 radical (unpaired) electrons. The van der Waals surface area contributed by atoms with Gasteiger partial charge in [-0.2, -0.15) is 8.78 Å². The number of fused-ring (bicyclic) bond motifs is 1. The number of aliphatic imine (C=N–C) groups is 1. The summed E-state index contributed by atoms with van der Waals surface area (Å²) in [4.78, 5) is 12.0. The summed E-state index contributed by atoms with van der Waals surface area (Å²) in [5.41, 5.74) is 2.45. The minimum absolute atomic E-state index is 0.0889. The van der Waals surface area contributed by atoms with Crippen molar-refractivity contribution in [1.29, 1.82) is 0 Å². The van der Waals surface area contributed by atoms with E-state index < -0.39 is 6.61 Å². The summed E-state index contributed by atoms with van der Waals surface area (Å²) in [5.74, 6) is 2.05. The molecule has 154 valence electrons. The highest BCUT2D eigenvalue weighted by atomic mass is 19.3. The molecule has 2 aromatic carbocycles. The Morgan fingerprint density at radius 1 is 1.21 bits per heavy atom. The lowest BCUT2D eigenvalue weighted by atomic mass is 10.2. The molecule has 0 saturated heterocycles. The minimum atomic E-state index is -2.90. The van der Waals surface area contributed by atoms with Gasteiger partial charge in [-0.3, -0.25) is 4.99 Å². The maximum atomic E-state index is 12.6. The summed E-state index contributed by atoms with van der Waals surface area (Å²) in [6.45, 7) is -2.06. The fourth-order valence-electron chi connectivity index (χ4n) is 2.85. The van der Waals surface area contributed by atoms with Crippen LogP contribution in [-0.4, -0.2) is 43.2 Å². The Bertz CT molecular complexity index is 941. The van der Waals surface area contributed by atoms with Crippen molar-refractivity contribution in [3.8, 4) is 11.5 Å². The van der Waals surface area contributed by atoms with Gasteiger partial charge in [-0.1, -0.05) is 12.1 Å². The van der Waals surface area contributed by atoms with Gasteiger partial charge in [0.1, 0.15) is 17.3 Å². The summed E-state index contributed by atoms with van der Waals surface area (Å²) in [6.07, 6.45) is 0.675. The number of rotatable bonds is 8. The maximum Gasteiger partial charge on any atom is 0.387 e. The van der Waals surface area contributed by atoms with Crippen molar-refractivity contribution in [1.82, 2.24) is 20.6 Å². The molecule has 7 nitrogen and oxygen atoms in total. The van der Waals surface area contributed by atoms with E-state index in [-0.39, 0.29) is 12.3 Å². The fraction of sp³-hybridized carbons (Fsp3) is 0.300. The van der Waals surface area contributed by atoms with Crippen molar-refractivity contribution in [2.24, 2.45) is 4.99 Å². The summed E-state index contributed by atoms with van der Waals surface area (Å²) in [6, 6.07) is 12.5. The fourth-order valence-corrected chi connectivity index (χ4v) is 2.85. The largest absolute Gasteiger partial charge is 0.497 e. The number of nitrogens with one attached hydrogen (secondary N) is 3. The van der Waals surface area contributed by atoms with Crippen LogP contribution in [0.25, 0.3) is 11.0 Å². The van der Waals surface area contributed by atoms with E-state index in [0.717, 1.165) is 16.9 Å².